The van der Waals surface area contributed by atoms with Crippen molar-refractivity contribution in [3.8, 4) is 0 Å². The standard InChI is InChI=1S/C17H19NO5/c1-17(2,3)13(20)10-23-16(21)14-12(19)9-22-15(14)18-11-7-5-4-6-8-11/h4-8,18H,9-10H2,1-3H3. The first-order chi connectivity index (χ1) is 10.8. The molecule has 0 amide bonds. The smallest absolute Gasteiger partial charge is 0.347 e. The molecule has 1 aliphatic heterocycles. The van der Waals surface area contributed by atoms with Crippen LogP contribution in [0, 0.1) is 5.41 Å². The monoisotopic (exact) mass is 317 g/mol. The molecule has 1 aromatic carbocycles. The van der Waals surface area contributed by atoms with Crippen LogP contribution in [0.5, 0.6) is 0 Å². The number of nitrogens with one attached hydrogen (secondary N) is 1. The minimum absolute atomic E-state index is 0.0504. The summed E-state index contributed by atoms with van der Waals surface area (Å²) in [5.41, 5.74) is -0.139. The molecule has 0 unspecified atom stereocenters. The Morgan fingerprint density at radius 3 is 2.48 bits per heavy atom. The van der Waals surface area contributed by atoms with E-state index in [9.17, 15) is 14.4 Å². The molecule has 6 nitrogen and oxygen atoms in total. The van der Waals surface area contributed by atoms with E-state index >= 15 is 0 Å². The second-order valence-corrected chi connectivity index (χ2v) is 6.16. The molecule has 122 valence electrons. The van der Waals surface area contributed by atoms with E-state index in [2.05, 4.69) is 5.32 Å². The number of Topliss-reactive ketones (excluding diaryl/α,β-unsaturated/α-hetero) is 2. The van der Waals surface area contributed by atoms with Gasteiger partial charge in [0.1, 0.15) is 0 Å². The number of para-hydroxylation sites is 1. The van der Waals surface area contributed by atoms with Gasteiger partial charge in [0.15, 0.2) is 24.6 Å². The zero-order valence-corrected chi connectivity index (χ0v) is 13.3. The Hall–Kier alpha value is -2.63. The van der Waals surface area contributed by atoms with Crippen LogP contribution in [-0.2, 0) is 23.9 Å². The Morgan fingerprint density at radius 2 is 1.87 bits per heavy atom. The fraction of sp³-hybridized carbons (Fsp3) is 0.353. The Morgan fingerprint density at radius 1 is 1.22 bits per heavy atom. The van der Waals surface area contributed by atoms with Crippen LogP contribution in [-0.4, -0.2) is 30.7 Å². The number of hydrogen-bond acceptors (Lipinski definition) is 6. The van der Waals surface area contributed by atoms with Crippen molar-refractivity contribution >= 4 is 23.2 Å². The molecule has 1 aromatic rings. The van der Waals surface area contributed by atoms with Crippen LogP contribution >= 0.6 is 0 Å². The van der Waals surface area contributed by atoms with E-state index in [1.54, 1.807) is 45.0 Å². The van der Waals surface area contributed by atoms with Crippen LogP contribution in [0.25, 0.3) is 0 Å². The first kappa shape index (κ1) is 16.7. The average Bonchev–Trinajstić information content (AvgIpc) is 2.85. The third-order valence-corrected chi connectivity index (χ3v) is 3.26. The van der Waals surface area contributed by atoms with E-state index in [0.717, 1.165) is 0 Å². The van der Waals surface area contributed by atoms with Gasteiger partial charge in [0.25, 0.3) is 0 Å². The van der Waals surface area contributed by atoms with Crippen molar-refractivity contribution in [2.24, 2.45) is 5.41 Å². The number of ketones is 2. The van der Waals surface area contributed by atoms with Gasteiger partial charge in [0.05, 0.1) is 0 Å². The zero-order valence-electron chi connectivity index (χ0n) is 13.3. The lowest BCUT2D eigenvalue weighted by Gasteiger charge is -2.16. The molecular formula is C17H19NO5. The van der Waals surface area contributed by atoms with Gasteiger partial charge in [0.2, 0.25) is 11.7 Å². The first-order valence-electron chi connectivity index (χ1n) is 7.22. The second kappa shape index (κ2) is 6.64. The molecule has 23 heavy (non-hydrogen) atoms. The van der Waals surface area contributed by atoms with Crippen LogP contribution in [0.3, 0.4) is 0 Å². The normalized spacial score (nSPS) is 14.5. The topological polar surface area (TPSA) is 81.7 Å². The van der Waals surface area contributed by atoms with E-state index < -0.39 is 17.2 Å². The summed E-state index contributed by atoms with van der Waals surface area (Å²) >= 11 is 0. The molecule has 6 heteroatoms. The summed E-state index contributed by atoms with van der Waals surface area (Å²) < 4.78 is 10.2. The minimum Gasteiger partial charge on any atom is -0.470 e. The number of esters is 1. The van der Waals surface area contributed by atoms with E-state index in [1.165, 1.54) is 0 Å². The zero-order chi connectivity index (χ0) is 17.0. The molecule has 2 rings (SSSR count). The van der Waals surface area contributed by atoms with Gasteiger partial charge in [-0.15, -0.1) is 0 Å². The van der Waals surface area contributed by atoms with Crippen molar-refractivity contribution in [2.75, 3.05) is 18.5 Å². The summed E-state index contributed by atoms with van der Waals surface area (Å²) in [6.07, 6.45) is 0. The fourth-order valence-electron chi connectivity index (χ4n) is 1.79. The molecule has 0 saturated heterocycles. The maximum absolute atomic E-state index is 12.1. The van der Waals surface area contributed by atoms with Gasteiger partial charge in [-0.05, 0) is 12.1 Å². The van der Waals surface area contributed by atoms with E-state index in [4.69, 9.17) is 9.47 Å². The van der Waals surface area contributed by atoms with Crippen molar-refractivity contribution in [2.45, 2.75) is 20.8 Å². The lowest BCUT2D eigenvalue weighted by molar-refractivity contribution is -0.147. The highest BCUT2D eigenvalue weighted by atomic mass is 16.5. The van der Waals surface area contributed by atoms with E-state index in [0.29, 0.717) is 5.69 Å². The number of rotatable bonds is 5. The lowest BCUT2D eigenvalue weighted by atomic mass is 9.91. The molecule has 0 spiro atoms. The average molecular weight is 317 g/mol. The van der Waals surface area contributed by atoms with Crippen LogP contribution in [0.1, 0.15) is 20.8 Å². The molecule has 1 N–H and O–H groups in total. The highest BCUT2D eigenvalue weighted by Crippen LogP contribution is 2.21. The third kappa shape index (κ3) is 4.18. The number of benzene rings is 1. The van der Waals surface area contributed by atoms with Crippen LogP contribution in [0.4, 0.5) is 5.69 Å². The third-order valence-electron chi connectivity index (χ3n) is 3.26. The van der Waals surface area contributed by atoms with E-state index in [-0.39, 0.29) is 30.5 Å². The summed E-state index contributed by atoms with van der Waals surface area (Å²) in [6.45, 7) is 4.59. The van der Waals surface area contributed by atoms with Crippen LogP contribution in [0.2, 0.25) is 0 Å². The van der Waals surface area contributed by atoms with Crippen LogP contribution < -0.4 is 5.32 Å². The number of carbonyl (C=O) groups is 3. The predicted molar refractivity (Wildman–Crippen MR) is 83.5 cm³/mol. The number of hydrogen-bond donors (Lipinski definition) is 1. The molecule has 1 aliphatic rings. The maximum atomic E-state index is 12.1. The van der Waals surface area contributed by atoms with Crippen molar-refractivity contribution in [1.82, 2.24) is 0 Å². The van der Waals surface area contributed by atoms with E-state index in [1.807, 2.05) is 6.07 Å². The van der Waals surface area contributed by atoms with Crippen molar-refractivity contribution in [3.05, 3.63) is 41.8 Å². The van der Waals surface area contributed by atoms with Gasteiger partial charge in [-0.1, -0.05) is 39.0 Å². The Kier molecular flexibility index (Phi) is 4.83. The molecule has 0 bridgehead atoms. The predicted octanol–water partition coefficient (Wildman–Crippen LogP) is 2.07. The van der Waals surface area contributed by atoms with Gasteiger partial charge in [-0.2, -0.15) is 0 Å². The Bertz CT molecular complexity index is 655. The number of anilines is 1. The summed E-state index contributed by atoms with van der Waals surface area (Å²) in [4.78, 5) is 35.8. The molecule has 0 aromatic heterocycles. The molecule has 1 heterocycles. The summed E-state index contributed by atoms with van der Waals surface area (Å²) in [5, 5.41) is 2.87. The quantitative estimate of drug-likeness (QED) is 0.661. The van der Waals surface area contributed by atoms with Gasteiger partial charge in [-0.3, -0.25) is 9.59 Å². The van der Waals surface area contributed by atoms with Crippen molar-refractivity contribution < 1.29 is 23.9 Å². The lowest BCUT2D eigenvalue weighted by Crippen LogP contribution is -2.27. The summed E-state index contributed by atoms with van der Waals surface area (Å²) in [5.74, 6) is -1.51. The van der Waals surface area contributed by atoms with Gasteiger partial charge >= 0.3 is 5.97 Å². The van der Waals surface area contributed by atoms with Gasteiger partial charge in [-0.25, -0.2) is 4.79 Å². The molecule has 0 aliphatic carbocycles. The summed E-state index contributed by atoms with van der Waals surface area (Å²) in [7, 11) is 0. The highest BCUT2D eigenvalue weighted by Gasteiger charge is 2.33. The van der Waals surface area contributed by atoms with Crippen molar-refractivity contribution in [1.29, 1.82) is 0 Å². The number of ether oxygens (including phenoxy) is 2. The molecule has 0 saturated carbocycles. The largest absolute Gasteiger partial charge is 0.470 e. The SMILES string of the molecule is CC(C)(C)C(=O)COC(=O)C1=C(Nc2ccccc2)OCC1=O. The Labute approximate surface area is 134 Å². The fourth-order valence-corrected chi connectivity index (χ4v) is 1.79. The highest BCUT2D eigenvalue weighted by molar-refractivity contribution is 6.20. The Balaban J connectivity index is 2.10. The van der Waals surface area contributed by atoms with Crippen LogP contribution in [0.15, 0.2) is 41.8 Å². The molecular weight excluding hydrogens is 298 g/mol. The van der Waals surface area contributed by atoms with Gasteiger partial charge in [0, 0.05) is 11.1 Å². The minimum atomic E-state index is -0.858. The van der Waals surface area contributed by atoms with Gasteiger partial charge < -0.3 is 14.8 Å². The molecule has 0 radical (unpaired) electrons. The summed E-state index contributed by atoms with van der Waals surface area (Å²) in [6, 6.07) is 8.99. The number of carbonyl (C=O) groups excluding carboxylic acids is 3. The second-order valence-electron chi connectivity index (χ2n) is 6.16. The molecule has 0 atom stereocenters. The van der Waals surface area contributed by atoms with Crippen molar-refractivity contribution in [3.63, 3.8) is 0 Å². The molecule has 0 fully saturated rings. The first-order valence-corrected chi connectivity index (χ1v) is 7.22. The maximum Gasteiger partial charge on any atom is 0.347 e.